The van der Waals surface area contributed by atoms with Crippen molar-refractivity contribution in [1.29, 1.82) is 10.7 Å². The number of rotatable bonds is 6. The van der Waals surface area contributed by atoms with Crippen molar-refractivity contribution in [1.82, 2.24) is 0 Å². The monoisotopic (exact) mass is 458 g/mol. The number of para-hydroxylation sites is 1. The Balaban J connectivity index is 0.000000270. The normalized spacial score (nSPS) is 9.56. The Bertz CT molecular complexity index is 1290. The van der Waals surface area contributed by atoms with Crippen molar-refractivity contribution in [2.45, 2.75) is 6.92 Å². The number of nitrogens with one attached hydrogen (secondary N) is 3. The molecule has 0 atom stereocenters. The highest BCUT2D eigenvalue weighted by Gasteiger charge is 2.12. The second-order valence-electron chi connectivity index (χ2n) is 6.92. The molecule has 0 aliphatic heterocycles. The van der Waals surface area contributed by atoms with Gasteiger partial charge in [0.25, 0.3) is 0 Å². The number of nitriles is 1. The maximum atomic E-state index is 11.2. The highest BCUT2D eigenvalue weighted by Crippen LogP contribution is 2.31. The highest BCUT2D eigenvalue weighted by molar-refractivity contribution is 6.35. The third kappa shape index (κ3) is 6.27. The van der Waals surface area contributed by atoms with Crippen molar-refractivity contribution in [3.8, 4) is 22.9 Å². The van der Waals surface area contributed by atoms with Gasteiger partial charge < -0.3 is 20.8 Å². The fraction of sp³-hybridized carbons (Fsp3) is 0.0800. The Morgan fingerprint density at radius 3 is 2.32 bits per heavy atom. The number of anilines is 2. The lowest BCUT2D eigenvalue weighted by atomic mass is 9.99. The van der Waals surface area contributed by atoms with Crippen LogP contribution >= 0.6 is 0 Å². The smallest absolute Gasteiger partial charge is 0.337 e. The summed E-state index contributed by atoms with van der Waals surface area (Å²) in [6.45, 7) is 1.42. The van der Waals surface area contributed by atoms with Crippen LogP contribution in [0.1, 0.15) is 28.4 Å². The summed E-state index contributed by atoms with van der Waals surface area (Å²) in [4.78, 5) is 32.7. The molecule has 3 aromatic rings. The quantitative estimate of drug-likeness (QED) is 0.276. The average molecular weight is 458 g/mol. The molecule has 0 aliphatic carbocycles. The molecule has 0 heterocycles. The van der Waals surface area contributed by atoms with E-state index in [-0.39, 0.29) is 28.5 Å². The predicted octanol–water partition coefficient (Wildman–Crippen LogP) is 3.88. The molecule has 0 saturated carbocycles. The molecule has 3 rings (SSSR count). The number of aldehydes is 1. The number of carboxylic acids is 1. The lowest BCUT2D eigenvalue weighted by molar-refractivity contribution is -0.114. The van der Waals surface area contributed by atoms with Gasteiger partial charge in [0.15, 0.2) is 6.29 Å². The molecule has 1 amide bonds. The van der Waals surface area contributed by atoms with E-state index in [2.05, 4.69) is 10.6 Å². The number of phenols is 1. The average Bonchev–Trinajstić information content (AvgIpc) is 2.83. The predicted molar refractivity (Wildman–Crippen MR) is 128 cm³/mol. The van der Waals surface area contributed by atoms with Gasteiger partial charge in [-0.05, 0) is 42.0 Å². The first kappa shape index (κ1) is 25.3. The van der Waals surface area contributed by atoms with E-state index in [0.717, 1.165) is 5.56 Å². The van der Waals surface area contributed by atoms with Gasteiger partial charge in [-0.2, -0.15) is 5.26 Å². The molecule has 0 aromatic heterocycles. The van der Waals surface area contributed by atoms with Gasteiger partial charge in [0.1, 0.15) is 11.5 Å². The molecule has 9 heteroatoms. The minimum Gasteiger partial charge on any atom is -0.507 e. The van der Waals surface area contributed by atoms with Crippen molar-refractivity contribution in [3.05, 3.63) is 77.4 Å². The topological polar surface area (TPSA) is 163 Å². The largest absolute Gasteiger partial charge is 0.507 e. The number of phenolic OH excluding ortho intramolecular Hbond substituents is 1. The van der Waals surface area contributed by atoms with Gasteiger partial charge in [-0.1, -0.05) is 24.3 Å². The number of carbonyl (C=O) groups is 3. The van der Waals surface area contributed by atoms with Crippen molar-refractivity contribution < 1.29 is 24.6 Å². The minimum absolute atomic E-state index is 0.113. The first-order chi connectivity index (χ1) is 16.2. The summed E-state index contributed by atoms with van der Waals surface area (Å²) in [6, 6.07) is 18.2. The number of carbonyl (C=O) groups excluding carboxylic acids is 2. The summed E-state index contributed by atoms with van der Waals surface area (Å²) >= 11 is 0. The first-order valence-corrected chi connectivity index (χ1v) is 9.91. The van der Waals surface area contributed by atoms with Crippen LogP contribution in [-0.2, 0) is 9.59 Å². The molecule has 9 nitrogen and oxygen atoms in total. The van der Waals surface area contributed by atoms with Gasteiger partial charge in [-0.25, -0.2) is 4.79 Å². The van der Waals surface area contributed by atoms with Crippen molar-refractivity contribution >= 4 is 35.2 Å². The summed E-state index contributed by atoms with van der Waals surface area (Å²) in [7, 11) is 1.63. The second-order valence-corrected chi connectivity index (χ2v) is 6.92. The molecule has 0 unspecified atom stereocenters. The number of amides is 1. The van der Waals surface area contributed by atoms with E-state index in [1.807, 2.05) is 18.2 Å². The number of hydrogen-bond donors (Lipinski definition) is 5. The van der Waals surface area contributed by atoms with Gasteiger partial charge in [-0.15, -0.1) is 0 Å². The summed E-state index contributed by atoms with van der Waals surface area (Å²) < 4.78 is 0. The molecular weight excluding hydrogens is 436 g/mol. The third-order valence-electron chi connectivity index (χ3n) is 4.60. The fourth-order valence-corrected chi connectivity index (χ4v) is 3.03. The molecular formula is C25H22N4O5. The van der Waals surface area contributed by atoms with Crippen molar-refractivity contribution in [2.24, 2.45) is 0 Å². The first-order valence-electron chi connectivity index (χ1n) is 9.91. The number of aromatic hydroxyl groups is 1. The second kappa shape index (κ2) is 11.6. The van der Waals surface area contributed by atoms with Crippen molar-refractivity contribution in [2.75, 3.05) is 17.7 Å². The van der Waals surface area contributed by atoms with Gasteiger partial charge >= 0.3 is 5.97 Å². The van der Waals surface area contributed by atoms with Gasteiger partial charge in [0.05, 0.1) is 17.2 Å². The Morgan fingerprint density at radius 2 is 1.74 bits per heavy atom. The van der Waals surface area contributed by atoms with Crippen LogP contribution in [0.3, 0.4) is 0 Å². The standard InChI is InChI=1S/C16H14N2O3.C9H8N2O2/c1-10(20)18-15-5-3-2-4-12(15)11-6-7-16(21)13(8-11)14(17)9-19;1-11-8-3-2-6(5-10)4-7(8)9(12)13/h2-9,17,21H,1H3,(H,18,20);2-4,11H,1H3,(H,12,13). The maximum Gasteiger partial charge on any atom is 0.337 e. The van der Waals surface area contributed by atoms with E-state index in [4.69, 9.17) is 15.8 Å². The molecule has 172 valence electrons. The number of benzene rings is 3. The number of aromatic carboxylic acids is 1. The Morgan fingerprint density at radius 1 is 1.03 bits per heavy atom. The Kier molecular flexibility index (Phi) is 8.62. The van der Waals surface area contributed by atoms with Crippen LogP contribution in [0, 0.1) is 16.7 Å². The molecule has 5 N–H and O–H groups in total. The van der Waals surface area contributed by atoms with E-state index < -0.39 is 5.97 Å². The molecule has 0 bridgehead atoms. The van der Waals surface area contributed by atoms with Crippen LogP contribution in [0.25, 0.3) is 11.1 Å². The Hall–Kier alpha value is -4.97. The highest BCUT2D eigenvalue weighted by atomic mass is 16.4. The van der Waals surface area contributed by atoms with Crippen molar-refractivity contribution in [3.63, 3.8) is 0 Å². The number of hydrogen-bond acceptors (Lipinski definition) is 7. The zero-order valence-electron chi connectivity index (χ0n) is 18.4. The number of nitrogens with zero attached hydrogens (tertiary/aromatic N) is 1. The van der Waals surface area contributed by atoms with E-state index in [1.165, 1.54) is 19.1 Å². The zero-order chi connectivity index (χ0) is 25.3. The molecule has 0 spiro atoms. The van der Waals surface area contributed by atoms with E-state index >= 15 is 0 Å². The zero-order valence-corrected chi connectivity index (χ0v) is 18.4. The molecule has 0 fully saturated rings. The molecule has 0 radical (unpaired) electrons. The van der Waals surface area contributed by atoms with E-state index in [0.29, 0.717) is 28.8 Å². The van der Waals surface area contributed by atoms with Crippen LogP contribution in [0.4, 0.5) is 11.4 Å². The van der Waals surface area contributed by atoms with Crippen LogP contribution in [-0.4, -0.2) is 41.1 Å². The third-order valence-corrected chi connectivity index (χ3v) is 4.60. The summed E-state index contributed by atoms with van der Waals surface area (Å²) in [5.41, 5.74) is 2.88. The van der Waals surface area contributed by atoms with Gasteiger partial charge in [0.2, 0.25) is 5.91 Å². The van der Waals surface area contributed by atoms with Crippen LogP contribution < -0.4 is 10.6 Å². The van der Waals surface area contributed by atoms with E-state index in [9.17, 15) is 19.5 Å². The molecule has 0 aliphatic rings. The lowest BCUT2D eigenvalue weighted by Crippen LogP contribution is -2.07. The SMILES string of the molecule is CC(=O)Nc1ccccc1-c1ccc(O)c(C(=N)C=O)c1.CNc1ccc(C#N)cc1C(=O)O. The van der Waals surface area contributed by atoms with Crippen LogP contribution in [0.2, 0.25) is 0 Å². The minimum atomic E-state index is -1.04. The summed E-state index contributed by atoms with van der Waals surface area (Å²) in [5, 5.41) is 40.0. The fourth-order valence-electron chi connectivity index (χ4n) is 3.03. The molecule has 0 saturated heterocycles. The van der Waals surface area contributed by atoms with Crippen LogP contribution in [0.5, 0.6) is 5.75 Å². The molecule has 34 heavy (non-hydrogen) atoms. The van der Waals surface area contributed by atoms with Gasteiger partial charge in [0, 0.05) is 36.5 Å². The summed E-state index contributed by atoms with van der Waals surface area (Å²) in [6.07, 6.45) is 0.374. The summed E-state index contributed by atoms with van der Waals surface area (Å²) in [5.74, 6) is -1.36. The number of carboxylic acid groups (broad SMARTS) is 1. The molecule has 3 aromatic carbocycles. The van der Waals surface area contributed by atoms with Crippen LogP contribution in [0.15, 0.2) is 60.7 Å². The van der Waals surface area contributed by atoms with E-state index in [1.54, 1.807) is 43.4 Å². The maximum absolute atomic E-state index is 11.2. The lowest BCUT2D eigenvalue weighted by Gasteiger charge is -2.11. The van der Waals surface area contributed by atoms with Gasteiger partial charge in [-0.3, -0.25) is 15.0 Å². The Labute approximate surface area is 195 Å².